The van der Waals surface area contributed by atoms with E-state index in [1.807, 2.05) is 6.07 Å². The predicted molar refractivity (Wildman–Crippen MR) is 71.3 cm³/mol. The summed E-state index contributed by atoms with van der Waals surface area (Å²) in [5.74, 6) is 5.71. The van der Waals surface area contributed by atoms with Gasteiger partial charge in [-0.2, -0.15) is 10.1 Å². The number of anilines is 1. The third kappa shape index (κ3) is 2.97. The predicted octanol–water partition coefficient (Wildman–Crippen LogP) is 0.378. The smallest absolute Gasteiger partial charge is 0.259 e. The molecule has 0 saturated carbocycles. The number of benzene rings is 1. The lowest BCUT2D eigenvalue weighted by molar-refractivity contribution is 0.102. The number of hydrogen-bond donors (Lipinski definition) is 2. The molecule has 0 fully saturated rings. The molecule has 3 N–H and O–H groups in total. The lowest BCUT2D eigenvalue weighted by Crippen LogP contribution is -2.16. The fourth-order valence-electron chi connectivity index (χ4n) is 1.51. The topological polar surface area (TPSA) is 85.8 Å². The molecule has 0 bridgehead atoms. The molecule has 1 amide bonds. The molecule has 0 atom stereocenters. The van der Waals surface area contributed by atoms with Crippen LogP contribution >= 0.6 is 0 Å². The molecule has 6 nitrogen and oxygen atoms in total. The molecule has 1 aromatic heterocycles. The highest BCUT2D eigenvalue weighted by Gasteiger charge is 2.12. The molecular weight excluding hydrogens is 242 g/mol. The van der Waals surface area contributed by atoms with E-state index in [2.05, 4.69) is 27.2 Å². The third-order valence-corrected chi connectivity index (χ3v) is 2.43. The Bertz CT molecular complexity index is 650. The van der Waals surface area contributed by atoms with Crippen molar-refractivity contribution in [1.29, 1.82) is 0 Å². The number of rotatable bonds is 2. The average molecular weight is 255 g/mol. The summed E-state index contributed by atoms with van der Waals surface area (Å²) in [5.41, 5.74) is 6.45. The Morgan fingerprint density at radius 2 is 2.26 bits per heavy atom. The average Bonchev–Trinajstić information content (AvgIpc) is 2.82. The van der Waals surface area contributed by atoms with Crippen LogP contribution in [0.3, 0.4) is 0 Å². The standard InChI is InChI=1S/C13H13N5O/c1-18-13(15-9-16-18)17-12(19)11-7-3-2-5-10(11)6-4-8-14/h2-3,5,7,9H,8,14H2,1H3,(H,15,16,17,19). The van der Waals surface area contributed by atoms with Crippen molar-refractivity contribution in [3.05, 3.63) is 41.7 Å². The molecule has 0 saturated heterocycles. The number of aryl methyl sites for hydroxylation is 1. The van der Waals surface area contributed by atoms with Crippen LogP contribution in [0.4, 0.5) is 5.95 Å². The van der Waals surface area contributed by atoms with Crippen molar-refractivity contribution in [1.82, 2.24) is 14.8 Å². The molecule has 0 unspecified atom stereocenters. The summed E-state index contributed by atoms with van der Waals surface area (Å²) in [5, 5.41) is 6.56. The zero-order valence-electron chi connectivity index (χ0n) is 10.4. The van der Waals surface area contributed by atoms with Crippen LogP contribution in [0.2, 0.25) is 0 Å². The van der Waals surface area contributed by atoms with Gasteiger partial charge in [0.2, 0.25) is 5.95 Å². The summed E-state index contributed by atoms with van der Waals surface area (Å²) >= 11 is 0. The molecule has 0 spiro atoms. The summed E-state index contributed by atoms with van der Waals surface area (Å²) < 4.78 is 1.48. The second-order valence-electron chi connectivity index (χ2n) is 3.71. The Kier molecular flexibility index (Phi) is 3.90. The molecule has 0 radical (unpaired) electrons. The van der Waals surface area contributed by atoms with Crippen molar-refractivity contribution < 1.29 is 4.79 Å². The highest BCUT2D eigenvalue weighted by molar-refractivity contribution is 6.05. The fourth-order valence-corrected chi connectivity index (χ4v) is 1.51. The summed E-state index contributed by atoms with van der Waals surface area (Å²) in [4.78, 5) is 16.1. The highest BCUT2D eigenvalue weighted by Crippen LogP contribution is 2.10. The summed E-state index contributed by atoms with van der Waals surface area (Å²) in [6.07, 6.45) is 1.37. The first-order valence-corrected chi connectivity index (χ1v) is 5.65. The van der Waals surface area contributed by atoms with Crippen LogP contribution in [0.1, 0.15) is 15.9 Å². The van der Waals surface area contributed by atoms with Crippen molar-refractivity contribution >= 4 is 11.9 Å². The van der Waals surface area contributed by atoms with E-state index in [0.717, 1.165) is 0 Å². The van der Waals surface area contributed by atoms with E-state index in [1.165, 1.54) is 11.0 Å². The first-order chi connectivity index (χ1) is 9.22. The highest BCUT2D eigenvalue weighted by atomic mass is 16.1. The van der Waals surface area contributed by atoms with E-state index in [9.17, 15) is 4.79 Å². The molecular formula is C13H13N5O. The number of aromatic nitrogens is 3. The van der Waals surface area contributed by atoms with E-state index in [-0.39, 0.29) is 12.5 Å². The van der Waals surface area contributed by atoms with Gasteiger partial charge in [0.15, 0.2) is 0 Å². The van der Waals surface area contributed by atoms with Crippen molar-refractivity contribution in [2.75, 3.05) is 11.9 Å². The number of hydrogen-bond acceptors (Lipinski definition) is 4. The summed E-state index contributed by atoms with van der Waals surface area (Å²) in [6, 6.07) is 7.07. The van der Waals surface area contributed by atoms with Gasteiger partial charge in [-0.15, -0.1) is 0 Å². The minimum absolute atomic E-state index is 0.249. The van der Waals surface area contributed by atoms with Gasteiger partial charge in [0.25, 0.3) is 5.91 Å². The monoisotopic (exact) mass is 255 g/mol. The van der Waals surface area contributed by atoms with Gasteiger partial charge in [0.1, 0.15) is 6.33 Å². The number of carbonyl (C=O) groups is 1. The van der Waals surface area contributed by atoms with Crippen molar-refractivity contribution in [3.63, 3.8) is 0 Å². The molecule has 0 aliphatic heterocycles. The van der Waals surface area contributed by atoms with E-state index in [4.69, 9.17) is 5.73 Å². The van der Waals surface area contributed by atoms with Gasteiger partial charge in [-0.05, 0) is 12.1 Å². The van der Waals surface area contributed by atoms with Gasteiger partial charge >= 0.3 is 0 Å². The van der Waals surface area contributed by atoms with Crippen molar-refractivity contribution in [2.45, 2.75) is 0 Å². The van der Waals surface area contributed by atoms with Crippen LogP contribution in [-0.4, -0.2) is 27.2 Å². The Balaban J connectivity index is 2.26. The second-order valence-corrected chi connectivity index (χ2v) is 3.71. The van der Waals surface area contributed by atoms with E-state index < -0.39 is 0 Å². The Morgan fingerprint density at radius 3 is 2.95 bits per heavy atom. The first kappa shape index (κ1) is 12.8. The maximum atomic E-state index is 12.2. The van der Waals surface area contributed by atoms with Crippen LogP contribution < -0.4 is 11.1 Å². The molecule has 0 aliphatic carbocycles. The molecule has 96 valence electrons. The molecule has 2 rings (SSSR count). The molecule has 2 aromatic rings. The first-order valence-electron chi connectivity index (χ1n) is 5.65. The number of carbonyl (C=O) groups excluding carboxylic acids is 1. The van der Waals surface area contributed by atoms with E-state index in [1.54, 1.807) is 25.2 Å². The van der Waals surface area contributed by atoms with Gasteiger partial charge in [-0.25, -0.2) is 4.68 Å². The van der Waals surface area contributed by atoms with Crippen LogP contribution in [-0.2, 0) is 7.05 Å². The largest absolute Gasteiger partial charge is 0.320 e. The van der Waals surface area contributed by atoms with E-state index in [0.29, 0.717) is 17.1 Å². The zero-order chi connectivity index (χ0) is 13.7. The molecule has 0 aliphatic rings. The van der Waals surface area contributed by atoms with Crippen LogP contribution in [0.5, 0.6) is 0 Å². The van der Waals surface area contributed by atoms with Crippen LogP contribution in [0.15, 0.2) is 30.6 Å². The fraction of sp³-hybridized carbons (Fsp3) is 0.154. The Morgan fingerprint density at radius 1 is 1.47 bits per heavy atom. The summed E-state index contributed by atoms with van der Waals surface area (Å²) in [6.45, 7) is 0.249. The van der Waals surface area contributed by atoms with Crippen LogP contribution in [0.25, 0.3) is 0 Å². The molecule has 19 heavy (non-hydrogen) atoms. The number of nitrogens with two attached hydrogens (primary N) is 1. The van der Waals surface area contributed by atoms with Gasteiger partial charge < -0.3 is 5.73 Å². The Hall–Kier alpha value is -2.65. The minimum Gasteiger partial charge on any atom is -0.320 e. The van der Waals surface area contributed by atoms with Gasteiger partial charge in [-0.3, -0.25) is 10.1 Å². The van der Waals surface area contributed by atoms with Crippen molar-refractivity contribution in [2.24, 2.45) is 12.8 Å². The minimum atomic E-state index is -0.280. The zero-order valence-corrected chi connectivity index (χ0v) is 10.4. The lowest BCUT2D eigenvalue weighted by Gasteiger charge is -2.05. The van der Waals surface area contributed by atoms with Gasteiger partial charge in [0.05, 0.1) is 12.1 Å². The van der Waals surface area contributed by atoms with Crippen LogP contribution in [0, 0.1) is 11.8 Å². The number of amides is 1. The SMILES string of the molecule is Cn1ncnc1NC(=O)c1ccccc1C#CCN. The Labute approximate surface area is 110 Å². The normalized spacial score (nSPS) is 9.58. The third-order valence-electron chi connectivity index (χ3n) is 2.43. The molecule has 1 heterocycles. The molecule has 6 heteroatoms. The maximum Gasteiger partial charge on any atom is 0.259 e. The van der Waals surface area contributed by atoms with Crippen molar-refractivity contribution in [3.8, 4) is 11.8 Å². The quantitative estimate of drug-likeness (QED) is 0.759. The van der Waals surface area contributed by atoms with Gasteiger partial charge in [-0.1, -0.05) is 24.0 Å². The number of nitrogens with one attached hydrogen (secondary N) is 1. The number of nitrogens with zero attached hydrogens (tertiary/aromatic N) is 3. The second kappa shape index (κ2) is 5.80. The maximum absolute atomic E-state index is 12.2. The summed E-state index contributed by atoms with van der Waals surface area (Å²) in [7, 11) is 1.70. The lowest BCUT2D eigenvalue weighted by atomic mass is 10.1. The van der Waals surface area contributed by atoms with E-state index >= 15 is 0 Å². The van der Waals surface area contributed by atoms with Gasteiger partial charge in [0, 0.05) is 12.6 Å². The molecule has 1 aromatic carbocycles.